The molecule has 0 N–H and O–H groups in total. The van der Waals surface area contributed by atoms with Gasteiger partial charge in [-0.3, -0.25) is 4.79 Å². The summed E-state index contributed by atoms with van der Waals surface area (Å²) in [5.74, 6) is 0.486. The predicted octanol–water partition coefficient (Wildman–Crippen LogP) is 3.90. The van der Waals surface area contributed by atoms with E-state index in [0.717, 1.165) is 5.56 Å². The summed E-state index contributed by atoms with van der Waals surface area (Å²) in [7, 11) is 0. The number of Topliss-reactive ketones (excluding diaryl/α,β-unsaturated/α-hetero) is 1. The first-order valence-corrected chi connectivity index (χ1v) is 5.55. The molecule has 86 valence electrons. The Labute approximate surface area is 105 Å². The van der Waals surface area contributed by atoms with Gasteiger partial charge in [0, 0.05) is 5.54 Å². The smallest absolute Gasteiger partial charge is 0.163 e. The van der Waals surface area contributed by atoms with Crippen LogP contribution >= 0.6 is 23.2 Å². The summed E-state index contributed by atoms with van der Waals surface area (Å²) in [5, 5.41) is 0.386. The van der Waals surface area contributed by atoms with Gasteiger partial charge in [0.25, 0.3) is 0 Å². The third-order valence-electron chi connectivity index (χ3n) is 2.00. The summed E-state index contributed by atoms with van der Waals surface area (Å²) in [5.41, 5.74) is 2.80. The molecule has 0 amide bonds. The van der Waals surface area contributed by atoms with Gasteiger partial charge in [0.15, 0.2) is 5.78 Å². The molecular weight excluding hydrogens is 247 g/mol. The van der Waals surface area contributed by atoms with Crippen molar-refractivity contribution >= 4 is 29.0 Å². The van der Waals surface area contributed by atoms with Crippen LogP contribution in [0.2, 0.25) is 0 Å². The highest BCUT2D eigenvalue weighted by Gasteiger charge is 2.08. The Bertz CT molecular complexity index is 425. The van der Waals surface area contributed by atoms with Gasteiger partial charge in [0.1, 0.15) is 12.4 Å². The van der Waals surface area contributed by atoms with Crippen molar-refractivity contribution in [3.8, 4) is 5.75 Å². The summed E-state index contributed by atoms with van der Waals surface area (Å²) in [4.78, 5) is 11.4. The van der Waals surface area contributed by atoms with Gasteiger partial charge < -0.3 is 4.74 Å². The largest absolute Gasteiger partial charge is 0.487 e. The van der Waals surface area contributed by atoms with Gasteiger partial charge in [-0.05, 0) is 26.0 Å². The lowest BCUT2D eigenvalue weighted by Crippen LogP contribution is -2.03. The lowest BCUT2D eigenvalue weighted by Gasteiger charge is -2.09. The number of rotatable bonds is 4. The van der Waals surface area contributed by atoms with Crippen LogP contribution in [-0.4, -0.2) is 12.4 Å². The zero-order chi connectivity index (χ0) is 12.1. The number of ether oxygens (including phenoxy) is 1. The maximum Gasteiger partial charge on any atom is 0.163 e. The number of hydrogen-bond acceptors (Lipinski definition) is 2. The van der Waals surface area contributed by atoms with E-state index >= 15 is 0 Å². The van der Waals surface area contributed by atoms with E-state index in [0.29, 0.717) is 16.3 Å². The summed E-state index contributed by atoms with van der Waals surface area (Å²) in [6, 6.07) is 5.42. The summed E-state index contributed by atoms with van der Waals surface area (Å²) >= 11 is 11.1. The molecule has 0 bridgehead atoms. The number of benzene rings is 1. The number of halogens is 2. The maximum absolute atomic E-state index is 11.4. The monoisotopic (exact) mass is 258 g/mol. The van der Waals surface area contributed by atoms with E-state index in [-0.39, 0.29) is 12.4 Å². The molecule has 0 saturated carbocycles. The molecule has 0 saturated heterocycles. The van der Waals surface area contributed by atoms with Crippen molar-refractivity contribution in [2.45, 2.75) is 13.8 Å². The van der Waals surface area contributed by atoms with Crippen LogP contribution in [0.5, 0.6) is 5.75 Å². The van der Waals surface area contributed by atoms with Crippen LogP contribution in [0.1, 0.15) is 22.8 Å². The molecule has 1 aromatic rings. The molecule has 1 aromatic carbocycles. The van der Waals surface area contributed by atoms with E-state index < -0.39 is 0 Å². The second-order valence-corrected chi connectivity index (χ2v) is 4.10. The molecule has 0 aliphatic rings. The van der Waals surface area contributed by atoms with Gasteiger partial charge in [0.2, 0.25) is 0 Å². The van der Waals surface area contributed by atoms with Gasteiger partial charge in [0.05, 0.1) is 10.6 Å². The molecule has 0 spiro atoms. The first-order chi connectivity index (χ1) is 7.54. The van der Waals surface area contributed by atoms with Crippen LogP contribution in [0.4, 0.5) is 0 Å². The Morgan fingerprint density at radius 3 is 2.75 bits per heavy atom. The molecule has 0 aliphatic heterocycles. The Hall–Kier alpha value is -0.990. The van der Waals surface area contributed by atoms with Crippen molar-refractivity contribution in [1.29, 1.82) is 0 Å². The predicted molar refractivity (Wildman–Crippen MR) is 66.5 cm³/mol. The van der Waals surface area contributed by atoms with Gasteiger partial charge >= 0.3 is 0 Å². The zero-order valence-corrected chi connectivity index (χ0v) is 10.6. The molecule has 0 aliphatic carbocycles. The van der Waals surface area contributed by atoms with E-state index in [1.807, 2.05) is 13.0 Å². The second kappa shape index (κ2) is 5.92. The van der Waals surface area contributed by atoms with Crippen LogP contribution < -0.4 is 4.74 Å². The van der Waals surface area contributed by atoms with Crippen molar-refractivity contribution < 1.29 is 9.53 Å². The highest BCUT2D eigenvalue weighted by molar-refractivity contribution is 6.36. The highest BCUT2D eigenvalue weighted by atomic mass is 35.5. The Kier molecular flexibility index (Phi) is 4.84. The summed E-state index contributed by atoms with van der Waals surface area (Å²) in [6.07, 6.45) is 0. The first-order valence-electron chi connectivity index (χ1n) is 4.73. The average Bonchev–Trinajstić information content (AvgIpc) is 2.26. The van der Waals surface area contributed by atoms with E-state index in [9.17, 15) is 4.79 Å². The van der Waals surface area contributed by atoms with Crippen molar-refractivity contribution in [3.63, 3.8) is 0 Å². The number of aryl methyl sites for hydroxylation is 1. The van der Waals surface area contributed by atoms with Gasteiger partial charge in [-0.25, -0.2) is 0 Å². The van der Waals surface area contributed by atoms with Gasteiger partial charge in [-0.15, -0.1) is 0 Å². The molecule has 2 nitrogen and oxygen atoms in total. The van der Waals surface area contributed by atoms with Crippen molar-refractivity contribution in [2.24, 2.45) is 0 Å². The quantitative estimate of drug-likeness (QED) is 0.766. The van der Waals surface area contributed by atoms with E-state index in [4.69, 9.17) is 27.9 Å². The number of carbonyl (C=O) groups is 1. The second-order valence-electron chi connectivity index (χ2n) is 3.40. The Morgan fingerprint density at radius 2 is 2.19 bits per heavy atom. The fourth-order valence-electron chi connectivity index (χ4n) is 1.22. The van der Waals surface area contributed by atoms with Crippen LogP contribution in [0.25, 0.3) is 0 Å². The maximum atomic E-state index is 11.4. The lowest BCUT2D eigenvalue weighted by atomic mass is 10.1. The minimum atomic E-state index is -0.0373. The molecular formula is C12H12Cl2O2. The third-order valence-corrected chi connectivity index (χ3v) is 2.59. The molecule has 0 atom stereocenters. The minimum Gasteiger partial charge on any atom is -0.487 e. The van der Waals surface area contributed by atoms with Gasteiger partial charge in [-0.2, -0.15) is 0 Å². The fourth-order valence-corrected chi connectivity index (χ4v) is 1.34. The molecule has 1 rings (SSSR count). The van der Waals surface area contributed by atoms with Crippen LogP contribution in [0.3, 0.4) is 0 Å². The number of hydrogen-bond donors (Lipinski definition) is 0. The Morgan fingerprint density at radius 1 is 1.50 bits per heavy atom. The molecule has 0 unspecified atom stereocenters. The van der Waals surface area contributed by atoms with Crippen molar-refractivity contribution in [2.75, 3.05) is 6.61 Å². The van der Waals surface area contributed by atoms with E-state index in [1.165, 1.54) is 12.5 Å². The normalized spacial score (nSPS) is 11.4. The average molecular weight is 259 g/mol. The highest BCUT2D eigenvalue weighted by Crippen LogP contribution is 2.21. The third kappa shape index (κ3) is 3.54. The molecule has 4 heteroatoms. The molecule has 0 heterocycles. The minimum absolute atomic E-state index is 0.0373. The standard InChI is InChI=1S/C12H12Cl2O2/c1-8-3-4-12(11(5-8)9(2)15)16-7-10(14)6-13/h3-6H,7H2,1-2H3. The van der Waals surface area contributed by atoms with Crippen molar-refractivity contribution in [1.82, 2.24) is 0 Å². The fraction of sp³-hybridized carbons (Fsp3) is 0.250. The van der Waals surface area contributed by atoms with Crippen LogP contribution in [0.15, 0.2) is 28.8 Å². The van der Waals surface area contributed by atoms with E-state index in [2.05, 4.69) is 0 Å². The number of ketones is 1. The molecule has 0 aromatic heterocycles. The lowest BCUT2D eigenvalue weighted by molar-refractivity contribution is 0.101. The molecule has 16 heavy (non-hydrogen) atoms. The SMILES string of the molecule is CC(=O)c1cc(C)ccc1OCC(Cl)=CCl. The zero-order valence-electron chi connectivity index (χ0n) is 9.09. The van der Waals surface area contributed by atoms with Gasteiger partial charge in [-0.1, -0.05) is 34.8 Å². The Balaban J connectivity index is 2.91. The number of carbonyl (C=O) groups excluding carboxylic acids is 1. The summed E-state index contributed by atoms with van der Waals surface area (Å²) < 4.78 is 5.40. The topological polar surface area (TPSA) is 26.3 Å². The van der Waals surface area contributed by atoms with Crippen molar-refractivity contribution in [3.05, 3.63) is 39.9 Å². The first kappa shape index (κ1) is 13.1. The van der Waals surface area contributed by atoms with E-state index in [1.54, 1.807) is 12.1 Å². The molecule has 0 fully saturated rings. The molecule has 0 radical (unpaired) electrons. The summed E-state index contributed by atoms with van der Waals surface area (Å²) in [6.45, 7) is 3.58. The van der Waals surface area contributed by atoms with Crippen LogP contribution in [0, 0.1) is 6.92 Å². The van der Waals surface area contributed by atoms with Crippen LogP contribution in [-0.2, 0) is 0 Å².